The van der Waals surface area contributed by atoms with Gasteiger partial charge < -0.3 is 0 Å². The zero-order valence-corrected chi connectivity index (χ0v) is 15.1. The van der Waals surface area contributed by atoms with E-state index in [2.05, 4.69) is 67.3 Å². The molecule has 0 spiro atoms. The van der Waals surface area contributed by atoms with Crippen LogP contribution in [0.1, 0.15) is 27.8 Å². The molecule has 0 saturated heterocycles. The SMILES string of the molecule is Cc1ccc(-c2n[nH]c(=S)n2/N=C\c2c(C)cc(C)cc2C)cc1. The molecule has 5 heteroatoms. The second-order valence-corrected chi connectivity index (χ2v) is 6.47. The van der Waals surface area contributed by atoms with Gasteiger partial charge in [-0.1, -0.05) is 47.5 Å². The van der Waals surface area contributed by atoms with Crippen LogP contribution in [0.25, 0.3) is 11.4 Å². The van der Waals surface area contributed by atoms with Crippen LogP contribution in [0.4, 0.5) is 0 Å². The van der Waals surface area contributed by atoms with E-state index in [1.165, 1.54) is 22.3 Å². The molecule has 0 unspecified atom stereocenters. The normalized spacial score (nSPS) is 11.3. The molecule has 0 fully saturated rings. The summed E-state index contributed by atoms with van der Waals surface area (Å²) in [6, 6.07) is 12.5. The second-order valence-electron chi connectivity index (χ2n) is 6.09. The minimum Gasteiger partial charge on any atom is -0.250 e. The maximum absolute atomic E-state index is 5.33. The Labute approximate surface area is 146 Å². The van der Waals surface area contributed by atoms with Gasteiger partial charge in [0.15, 0.2) is 5.82 Å². The first-order valence-electron chi connectivity index (χ1n) is 7.82. The molecule has 0 saturated carbocycles. The summed E-state index contributed by atoms with van der Waals surface area (Å²) in [6.07, 6.45) is 1.85. The highest BCUT2D eigenvalue weighted by Gasteiger charge is 2.08. The molecule has 0 atom stereocenters. The largest absolute Gasteiger partial charge is 0.250 e. The number of hydrogen-bond donors (Lipinski definition) is 1. The predicted octanol–water partition coefficient (Wildman–Crippen LogP) is 4.72. The van der Waals surface area contributed by atoms with Gasteiger partial charge in [-0.25, -0.2) is 5.10 Å². The van der Waals surface area contributed by atoms with Crippen LogP contribution in [0.5, 0.6) is 0 Å². The third-order valence-electron chi connectivity index (χ3n) is 4.00. The van der Waals surface area contributed by atoms with Gasteiger partial charge in [0.05, 0.1) is 6.21 Å². The molecule has 0 aliphatic rings. The van der Waals surface area contributed by atoms with Gasteiger partial charge in [-0.3, -0.25) is 0 Å². The molecule has 1 heterocycles. The van der Waals surface area contributed by atoms with Crippen LogP contribution >= 0.6 is 12.2 Å². The number of aryl methyl sites for hydroxylation is 4. The van der Waals surface area contributed by atoms with Crippen LogP contribution in [-0.4, -0.2) is 21.1 Å². The molecule has 3 aromatic rings. The average Bonchev–Trinajstić information content (AvgIpc) is 2.88. The van der Waals surface area contributed by atoms with Crippen molar-refractivity contribution >= 4 is 18.4 Å². The number of nitrogens with zero attached hydrogens (tertiary/aromatic N) is 3. The highest BCUT2D eigenvalue weighted by molar-refractivity contribution is 7.71. The molecule has 0 bridgehead atoms. The fraction of sp³-hybridized carbons (Fsp3) is 0.211. The monoisotopic (exact) mass is 336 g/mol. The number of nitrogens with one attached hydrogen (secondary N) is 1. The molecule has 3 rings (SSSR count). The van der Waals surface area contributed by atoms with Gasteiger partial charge in [0.1, 0.15) is 0 Å². The second kappa shape index (κ2) is 6.53. The van der Waals surface area contributed by atoms with E-state index in [4.69, 9.17) is 12.2 Å². The molecule has 0 aliphatic heterocycles. The molecule has 1 N–H and O–H groups in total. The minimum atomic E-state index is 0.476. The summed E-state index contributed by atoms with van der Waals surface area (Å²) in [4.78, 5) is 0. The number of benzene rings is 2. The lowest BCUT2D eigenvalue weighted by atomic mass is 10.0. The number of hydrogen-bond acceptors (Lipinski definition) is 3. The fourth-order valence-electron chi connectivity index (χ4n) is 2.80. The molecule has 4 nitrogen and oxygen atoms in total. The van der Waals surface area contributed by atoms with Crippen LogP contribution < -0.4 is 0 Å². The Balaban J connectivity index is 2.04. The van der Waals surface area contributed by atoms with Crippen molar-refractivity contribution in [2.45, 2.75) is 27.7 Å². The first kappa shape index (κ1) is 16.3. The van der Waals surface area contributed by atoms with Gasteiger partial charge in [-0.05, 0) is 51.0 Å². The van der Waals surface area contributed by atoms with Crippen LogP contribution in [0, 0.1) is 32.5 Å². The van der Waals surface area contributed by atoms with E-state index in [1.54, 1.807) is 4.68 Å². The Bertz CT molecular complexity index is 939. The number of H-pyrrole nitrogens is 1. The van der Waals surface area contributed by atoms with Crippen molar-refractivity contribution in [3.05, 3.63) is 69.0 Å². The Morgan fingerprint density at radius 2 is 1.62 bits per heavy atom. The molecular formula is C19H20N4S. The molecule has 2 aromatic carbocycles. The summed E-state index contributed by atoms with van der Waals surface area (Å²) >= 11 is 5.33. The summed E-state index contributed by atoms with van der Waals surface area (Å²) in [6.45, 7) is 8.35. The van der Waals surface area contributed by atoms with Crippen molar-refractivity contribution in [3.8, 4) is 11.4 Å². The van der Waals surface area contributed by atoms with Crippen molar-refractivity contribution in [3.63, 3.8) is 0 Å². The lowest BCUT2D eigenvalue weighted by molar-refractivity contribution is 0.871. The summed E-state index contributed by atoms with van der Waals surface area (Å²) in [7, 11) is 0. The molecular weight excluding hydrogens is 316 g/mol. The number of aromatic amines is 1. The Hall–Kier alpha value is -2.53. The van der Waals surface area contributed by atoms with Gasteiger partial charge in [0, 0.05) is 11.1 Å². The predicted molar refractivity (Wildman–Crippen MR) is 101 cm³/mol. The smallest absolute Gasteiger partial charge is 0.216 e. The van der Waals surface area contributed by atoms with Gasteiger partial charge in [0.2, 0.25) is 4.77 Å². The van der Waals surface area contributed by atoms with Crippen molar-refractivity contribution in [1.29, 1.82) is 0 Å². The van der Waals surface area contributed by atoms with E-state index in [9.17, 15) is 0 Å². The van der Waals surface area contributed by atoms with Crippen LogP contribution in [0.2, 0.25) is 0 Å². The molecule has 1 aromatic heterocycles. The number of rotatable bonds is 3. The van der Waals surface area contributed by atoms with Crippen molar-refractivity contribution in [2.75, 3.05) is 0 Å². The summed E-state index contributed by atoms with van der Waals surface area (Å²) in [5.74, 6) is 0.707. The van der Waals surface area contributed by atoms with Crippen LogP contribution in [0.3, 0.4) is 0 Å². The lowest BCUT2D eigenvalue weighted by Crippen LogP contribution is -1.98. The highest BCUT2D eigenvalue weighted by Crippen LogP contribution is 2.19. The summed E-state index contributed by atoms with van der Waals surface area (Å²) in [5, 5.41) is 11.7. The molecule has 0 radical (unpaired) electrons. The van der Waals surface area contributed by atoms with E-state index in [0.717, 1.165) is 11.1 Å². The zero-order chi connectivity index (χ0) is 17.3. The van der Waals surface area contributed by atoms with E-state index in [0.29, 0.717) is 10.6 Å². The van der Waals surface area contributed by atoms with Gasteiger partial charge >= 0.3 is 0 Å². The van der Waals surface area contributed by atoms with E-state index in [1.807, 2.05) is 18.3 Å². The van der Waals surface area contributed by atoms with Crippen molar-refractivity contribution in [2.24, 2.45) is 5.10 Å². The minimum absolute atomic E-state index is 0.476. The highest BCUT2D eigenvalue weighted by atomic mass is 32.1. The first-order valence-corrected chi connectivity index (χ1v) is 8.23. The Morgan fingerprint density at radius 1 is 1.00 bits per heavy atom. The fourth-order valence-corrected chi connectivity index (χ4v) is 2.98. The first-order chi connectivity index (χ1) is 11.5. The molecule has 0 amide bonds. The maximum Gasteiger partial charge on any atom is 0.216 e. The van der Waals surface area contributed by atoms with Crippen molar-refractivity contribution < 1.29 is 0 Å². The summed E-state index contributed by atoms with van der Waals surface area (Å²) < 4.78 is 2.14. The quantitative estimate of drug-likeness (QED) is 0.555. The molecule has 24 heavy (non-hydrogen) atoms. The third-order valence-corrected chi connectivity index (χ3v) is 4.26. The zero-order valence-electron chi connectivity index (χ0n) is 14.3. The van der Waals surface area contributed by atoms with E-state index >= 15 is 0 Å². The topological polar surface area (TPSA) is 46.0 Å². The maximum atomic E-state index is 5.33. The lowest BCUT2D eigenvalue weighted by Gasteiger charge is -2.07. The van der Waals surface area contributed by atoms with Gasteiger partial charge in [-0.15, -0.1) is 0 Å². The average molecular weight is 336 g/mol. The van der Waals surface area contributed by atoms with E-state index < -0.39 is 0 Å². The Kier molecular flexibility index (Phi) is 4.44. The van der Waals surface area contributed by atoms with E-state index in [-0.39, 0.29) is 0 Å². The standard InChI is InChI=1S/C19H20N4S/c1-12-5-7-16(8-6-12)18-21-22-19(24)23(18)20-11-17-14(3)9-13(2)10-15(17)4/h5-11H,1-4H3,(H,22,24)/b20-11-. The van der Waals surface area contributed by atoms with Crippen LogP contribution in [-0.2, 0) is 0 Å². The third kappa shape index (κ3) is 3.21. The van der Waals surface area contributed by atoms with Gasteiger partial charge in [0.25, 0.3) is 0 Å². The van der Waals surface area contributed by atoms with Gasteiger partial charge in [-0.2, -0.15) is 14.9 Å². The van der Waals surface area contributed by atoms with Crippen LogP contribution in [0.15, 0.2) is 41.5 Å². The molecule has 122 valence electrons. The molecule has 0 aliphatic carbocycles. The summed E-state index contributed by atoms with van der Waals surface area (Å²) in [5.41, 5.74) is 6.93. The van der Waals surface area contributed by atoms with Crippen molar-refractivity contribution in [1.82, 2.24) is 14.9 Å². The Morgan fingerprint density at radius 3 is 2.25 bits per heavy atom. The number of aromatic nitrogens is 3.